The van der Waals surface area contributed by atoms with Gasteiger partial charge >= 0.3 is 0 Å². The van der Waals surface area contributed by atoms with Crippen molar-refractivity contribution in [3.8, 4) is 5.75 Å². The summed E-state index contributed by atoms with van der Waals surface area (Å²) in [5.74, 6) is 1.69. The summed E-state index contributed by atoms with van der Waals surface area (Å²) < 4.78 is 20.9. The van der Waals surface area contributed by atoms with Crippen molar-refractivity contribution in [3.05, 3.63) is 64.8 Å². The number of benzene rings is 2. The molecule has 0 radical (unpaired) electrons. The van der Waals surface area contributed by atoms with Crippen LogP contribution in [0.3, 0.4) is 0 Å². The fourth-order valence-corrected chi connectivity index (χ4v) is 6.22. The van der Waals surface area contributed by atoms with Gasteiger partial charge in [0.25, 0.3) is 0 Å². The molecule has 4 nitrogen and oxygen atoms in total. The number of hydrogen-bond donors (Lipinski definition) is 1. The predicted octanol–water partition coefficient (Wildman–Crippen LogP) is 6.86. The number of likely N-dealkylation sites (tertiary alicyclic amines) is 1. The molecule has 2 heterocycles. The first-order valence-corrected chi connectivity index (χ1v) is 13.6. The molecule has 4 rings (SSSR count). The van der Waals surface area contributed by atoms with Crippen LogP contribution >= 0.6 is 23.4 Å². The van der Waals surface area contributed by atoms with E-state index < -0.39 is 6.17 Å². The van der Waals surface area contributed by atoms with Crippen molar-refractivity contribution in [2.24, 2.45) is 5.41 Å². The van der Waals surface area contributed by atoms with Crippen LogP contribution in [0.1, 0.15) is 43.0 Å². The van der Waals surface area contributed by atoms with Gasteiger partial charge in [-0.3, -0.25) is 4.98 Å². The van der Waals surface area contributed by atoms with Gasteiger partial charge in [-0.05, 0) is 81.4 Å². The molecule has 1 atom stereocenters. The number of ether oxygens (including phenoxy) is 1. The maximum absolute atomic E-state index is 15.6. The van der Waals surface area contributed by atoms with Crippen molar-refractivity contribution in [2.45, 2.75) is 43.7 Å². The lowest BCUT2D eigenvalue weighted by atomic mass is 9.74. The number of thioether (sulfide) groups is 1. The quantitative estimate of drug-likeness (QED) is 0.298. The number of aryl methyl sites for hydroxylation is 1. The van der Waals surface area contributed by atoms with E-state index in [0.717, 1.165) is 38.2 Å². The molecule has 35 heavy (non-hydrogen) atoms. The van der Waals surface area contributed by atoms with Gasteiger partial charge in [0.2, 0.25) is 0 Å². The maximum atomic E-state index is 15.6. The number of hydrogen-bond acceptors (Lipinski definition) is 5. The zero-order valence-corrected chi connectivity index (χ0v) is 22.0. The molecule has 7 heteroatoms. The fraction of sp³-hybridized carbons (Fsp3) is 0.464. The van der Waals surface area contributed by atoms with E-state index in [1.807, 2.05) is 23.9 Å². The summed E-state index contributed by atoms with van der Waals surface area (Å²) >= 11 is 8.29. The molecule has 188 valence electrons. The number of aliphatic hydroxyl groups excluding tert-OH is 1. The summed E-state index contributed by atoms with van der Waals surface area (Å²) in [6, 6.07) is 14.0. The van der Waals surface area contributed by atoms with Crippen LogP contribution in [0.2, 0.25) is 5.02 Å². The standard InChI is InChI=1S/C28H34ClFN2O2S/c1-20-4-3-5-22(16-20)35-15-14-32-12-10-28(19-33,11-13-32)9-8-25(30)27-23-17-21(34-2)6-7-26(23)31-18-24(27)29/h3-7,16-18,25,33H,8-15,19H2,1-2H3/t25-/m1/s1. The summed E-state index contributed by atoms with van der Waals surface area (Å²) in [6.45, 7) is 5.09. The molecule has 0 spiro atoms. The highest BCUT2D eigenvalue weighted by Crippen LogP contribution is 2.42. The van der Waals surface area contributed by atoms with Crippen LogP contribution in [0.15, 0.2) is 53.6 Å². The molecular formula is C28H34ClFN2O2S. The van der Waals surface area contributed by atoms with Crippen molar-refractivity contribution < 1.29 is 14.2 Å². The monoisotopic (exact) mass is 516 g/mol. The first-order chi connectivity index (χ1) is 16.9. The number of piperidine rings is 1. The molecule has 0 bridgehead atoms. The molecule has 1 aromatic heterocycles. The van der Waals surface area contributed by atoms with E-state index in [9.17, 15) is 5.11 Å². The lowest BCUT2D eigenvalue weighted by Crippen LogP contribution is -2.42. The van der Waals surface area contributed by atoms with Gasteiger partial charge in [-0.2, -0.15) is 0 Å². The van der Waals surface area contributed by atoms with E-state index in [1.54, 1.807) is 13.2 Å². The Balaban J connectivity index is 1.33. The first-order valence-electron chi connectivity index (χ1n) is 12.2. The molecule has 1 aliphatic heterocycles. The Bertz CT molecular complexity index is 1140. The normalized spacial score (nSPS) is 16.9. The van der Waals surface area contributed by atoms with Crippen LogP contribution in [0, 0.1) is 12.3 Å². The number of fused-ring (bicyclic) bond motifs is 1. The third-order valence-corrected chi connectivity index (χ3v) is 8.50. The lowest BCUT2D eigenvalue weighted by Gasteiger charge is -2.41. The minimum absolute atomic E-state index is 0.0875. The second-order valence-corrected chi connectivity index (χ2v) is 11.1. The third kappa shape index (κ3) is 6.48. The van der Waals surface area contributed by atoms with Crippen LogP contribution in [0.5, 0.6) is 5.75 Å². The molecule has 1 fully saturated rings. The van der Waals surface area contributed by atoms with E-state index in [-0.39, 0.29) is 12.0 Å². The molecule has 2 aromatic carbocycles. The number of aromatic nitrogens is 1. The molecular weight excluding hydrogens is 483 g/mol. The summed E-state index contributed by atoms with van der Waals surface area (Å²) in [5.41, 5.74) is 2.21. The number of aliphatic hydroxyl groups is 1. The summed E-state index contributed by atoms with van der Waals surface area (Å²) in [7, 11) is 1.59. The van der Waals surface area contributed by atoms with E-state index in [1.165, 1.54) is 16.7 Å². The van der Waals surface area contributed by atoms with Crippen LogP contribution in [0.25, 0.3) is 10.9 Å². The highest BCUT2D eigenvalue weighted by molar-refractivity contribution is 7.99. The summed E-state index contributed by atoms with van der Waals surface area (Å²) in [5, 5.41) is 11.3. The van der Waals surface area contributed by atoms with Gasteiger partial charge in [0, 0.05) is 40.9 Å². The number of alkyl halides is 1. The molecule has 1 aliphatic rings. The number of halogens is 2. The summed E-state index contributed by atoms with van der Waals surface area (Å²) in [4.78, 5) is 8.10. The van der Waals surface area contributed by atoms with Crippen molar-refractivity contribution in [3.63, 3.8) is 0 Å². The molecule has 0 aliphatic carbocycles. The zero-order chi connectivity index (χ0) is 24.8. The van der Waals surface area contributed by atoms with Gasteiger partial charge in [0.05, 0.1) is 17.6 Å². The van der Waals surface area contributed by atoms with E-state index in [2.05, 4.69) is 41.1 Å². The maximum Gasteiger partial charge on any atom is 0.127 e. The predicted molar refractivity (Wildman–Crippen MR) is 143 cm³/mol. The minimum Gasteiger partial charge on any atom is -0.497 e. The molecule has 3 aromatic rings. The van der Waals surface area contributed by atoms with Gasteiger partial charge < -0.3 is 14.7 Å². The smallest absolute Gasteiger partial charge is 0.127 e. The fourth-order valence-electron chi connectivity index (χ4n) is 4.93. The SMILES string of the molecule is COc1ccc2ncc(Cl)c([C@H](F)CCC3(CO)CCN(CCSc4cccc(C)c4)CC3)c2c1. The Morgan fingerprint density at radius 2 is 2.03 bits per heavy atom. The second kappa shape index (κ2) is 11.9. The summed E-state index contributed by atoms with van der Waals surface area (Å²) in [6.07, 6.45) is 2.99. The van der Waals surface area contributed by atoms with Crippen LogP contribution in [-0.2, 0) is 0 Å². The van der Waals surface area contributed by atoms with Crippen LogP contribution < -0.4 is 4.74 Å². The van der Waals surface area contributed by atoms with E-state index in [0.29, 0.717) is 40.1 Å². The van der Waals surface area contributed by atoms with Crippen molar-refractivity contribution >= 4 is 34.3 Å². The topological polar surface area (TPSA) is 45.6 Å². The Kier molecular flexibility index (Phi) is 8.92. The lowest BCUT2D eigenvalue weighted by molar-refractivity contribution is 0.0323. The zero-order valence-electron chi connectivity index (χ0n) is 20.5. The average Bonchev–Trinajstić information content (AvgIpc) is 2.88. The molecule has 0 unspecified atom stereocenters. The average molecular weight is 517 g/mol. The highest BCUT2D eigenvalue weighted by atomic mass is 35.5. The van der Waals surface area contributed by atoms with Crippen molar-refractivity contribution in [1.29, 1.82) is 0 Å². The number of nitrogens with zero attached hydrogens (tertiary/aromatic N) is 2. The van der Waals surface area contributed by atoms with Gasteiger partial charge in [-0.1, -0.05) is 29.3 Å². The van der Waals surface area contributed by atoms with Crippen LogP contribution in [-0.4, -0.2) is 54.1 Å². The Labute approximate surface area is 216 Å². The minimum atomic E-state index is -1.23. The number of methoxy groups -OCH3 is 1. The van der Waals surface area contributed by atoms with E-state index in [4.69, 9.17) is 16.3 Å². The number of rotatable bonds is 10. The van der Waals surface area contributed by atoms with E-state index >= 15 is 4.39 Å². The van der Waals surface area contributed by atoms with Gasteiger partial charge in [0.15, 0.2) is 0 Å². The van der Waals surface area contributed by atoms with Crippen LogP contribution in [0.4, 0.5) is 4.39 Å². The Morgan fingerprint density at radius 1 is 1.23 bits per heavy atom. The van der Waals surface area contributed by atoms with Crippen molar-refractivity contribution in [1.82, 2.24) is 9.88 Å². The van der Waals surface area contributed by atoms with Gasteiger partial charge in [0.1, 0.15) is 11.9 Å². The van der Waals surface area contributed by atoms with Crippen molar-refractivity contribution in [2.75, 3.05) is 39.1 Å². The molecule has 1 N–H and O–H groups in total. The molecule has 1 saturated heterocycles. The van der Waals surface area contributed by atoms with Gasteiger partial charge in [-0.15, -0.1) is 11.8 Å². The second-order valence-electron chi connectivity index (χ2n) is 9.57. The number of pyridine rings is 1. The largest absolute Gasteiger partial charge is 0.497 e. The first kappa shape index (κ1) is 26.2. The Morgan fingerprint density at radius 3 is 2.74 bits per heavy atom. The molecule has 0 amide bonds. The molecule has 0 saturated carbocycles. The highest BCUT2D eigenvalue weighted by Gasteiger charge is 2.35. The Hall–Kier alpha value is -1.86. The van der Waals surface area contributed by atoms with Gasteiger partial charge in [-0.25, -0.2) is 4.39 Å². The third-order valence-electron chi connectivity index (χ3n) is 7.23.